The largest absolute Gasteiger partial charge is 0.399 e. The molecular weight excluding hydrogens is 208 g/mol. The molecule has 0 radical (unpaired) electrons. The molecule has 0 spiro atoms. The van der Waals surface area contributed by atoms with E-state index in [4.69, 9.17) is 5.73 Å². The fourth-order valence-corrected chi connectivity index (χ4v) is 2.88. The molecule has 1 aromatic rings. The highest BCUT2D eigenvalue weighted by atomic mass is 15.1. The zero-order valence-electron chi connectivity index (χ0n) is 10.4. The summed E-state index contributed by atoms with van der Waals surface area (Å²) in [5.41, 5.74) is 8.08. The molecule has 3 rings (SSSR count). The van der Waals surface area contributed by atoms with Gasteiger partial charge in [-0.3, -0.25) is 0 Å². The van der Waals surface area contributed by atoms with Crippen LogP contribution in [0.3, 0.4) is 0 Å². The predicted octanol–water partition coefficient (Wildman–Crippen LogP) is 2.86. The molecule has 0 bridgehead atoms. The first kappa shape index (κ1) is 11.1. The van der Waals surface area contributed by atoms with E-state index in [-0.39, 0.29) is 0 Å². The van der Waals surface area contributed by atoms with E-state index in [2.05, 4.69) is 17.0 Å². The Morgan fingerprint density at radius 3 is 2.24 bits per heavy atom. The summed E-state index contributed by atoms with van der Waals surface area (Å²) in [6.07, 6.45) is 5.57. The number of rotatable bonds is 3. The van der Waals surface area contributed by atoms with Crippen molar-refractivity contribution in [2.24, 2.45) is 5.92 Å². The number of nitrogens with zero attached hydrogens (tertiary/aromatic N) is 1. The van der Waals surface area contributed by atoms with E-state index in [1.54, 1.807) is 0 Å². The van der Waals surface area contributed by atoms with Gasteiger partial charge < -0.3 is 10.6 Å². The van der Waals surface area contributed by atoms with Gasteiger partial charge in [0.05, 0.1) is 0 Å². The van der Waals surface area contributed by atoms with E-state index in [0.717, 1.165) is 17.5 Å². The second kappa shape index (κ2) is 4.69. The summed E-state index contributed by atoms with van der Waals surface area (Å²) in [5, 5.41) is 0. The number of nitrogens with two attached hydrogens (primary N) is 1. The number of likely N-dealkylation sites (tertiary alicyclic amines) is 1. The van der Waals surface area contributed by atoms with Crippen molar-refractivity contribution in [3.63, 3.8) is 0 Å². The Balaban J connectivity index is 1.54. The van der Waals surface area contributed by atoms with Crippen molar-refractivity contribution in [3.8, 4) is 0 Å². The molecule has 2 N–H and O–H groups in total. The van der Waals surface area contributed by atoms with Gasteiger partial charge in [0.2, 0.25) is 0 Å². The molecule has 1 aliphatic heterocycles. The van der Waals surface area contributed by atoms with Crippen LogP contribution in [0.2, 0.25) is 0 Å². The molecular formula is C15H22N2. The van der Waals surface area contributed by atoms with Gasteiger partial charge in [0.15, 0.2) is 0 Å². The molecule has 2 fully saturated rings. The maximum Gasteiger partial charge on any atom is 0.0314 e. The lowest BCUT2D eigenvalue weighted by Crippen LogP contribution is -2.34. The number of hydrogen-bond donors (Lipinski definition) is 1. The zero-order valence-corrected chi connectivity index (χ0v) is 10.4. The molecule has 2 aliphatic rings. The first-order chi connectivity index (χ1) is 8.31. The summed E-state index contributed by atoms with van der Waals surface area (Å²) in [4.78, 5) is 2.66. The molecule has 2 heteroatoms. The molecule has 17 heavy (non-hydrogen) atoms. The minimum atomic E-state index is 0.756. The van der Waals surface area contributed by atoms with Crippen molar-refractivity contribution in [2.75, 3.05) is 25.4 Å². The van der Waals surface area contributed by atoms with Crippen LogP contribution in [0, 0.1) is 5.92 Å². The summed E-state index contributed by atoms with van der Waals surface area (Å²) in [7, 11) is 0. The fraction of sp³-hybridized carbons (Fsp3) is 0.600. The van der Waals surface area contributed by atoms with Gasteiger partial charge in [0.1, 0.15) is 0 Å². The van der Waals surface area contributed by atoms with Crippen molar-refractivity contribution in [1.82, 2.24) is 4.90 Å². The Morgan fingerprint density at radius 1 is 1.00 bits per heavy atom. The monoisotopic (exact) mass is 230 g/mol. The van der Waals surface area contributed by atoms with Gasteiger partial charge in [-0.05, 0) is 68.3 Å². The Bertz CT molecular complexity index is 359. The highest BCUT2D eigenvalue weighted by Gasteiger charge is 2.27. The smallest absolute Gasteiger partial charge is 0.0314 e. The summed E-state index contributed by atoms with van der Waals surface area (Å²) in [5.74, 6) is 1.79. The molecule has 1 saturated carbocycles. The van der Waals surface area contributed by atoms with Crippen LogP contribution in [-0.4, -0.2) is 24.5 Å². The maximum atomic E-state index is 5.73. The molecule has 1 heterocycles. The SMILES string of the molecule is Nc1ccc(C2CCN(CC3CC3)CC2)cc1. The average molecular weight is 230 g/mol. The van der Waals surface area contributed by atoms with Gasteiger partial charge >= 0.3 is 0 Å². The van der Waals surface area contributed by atoms with Crippen LogP contribution < -0.4 is 5.73 Å². The number of nitrogen functional groups attached to an aromatic ring is 1. The van der Waals surface area contributed by atoms with E-state index >= 15 is 0 Å². The third kappa shape index (κ3) is 2.81. The normalized spacial score (nSPS) is 22.8. The summed E-state index contributed by atoms with van der Waals surface area (Å²) in [6.45, 7) is 3.92. The fourth-order valence-electron chi connectivity index (χ4n) is 2.88. The second-order valence-electron chi connectivity index (χ2n) is 5.68. The third-order valence-electron chi connectivity index (χ3n) is 4.21. The Hall–Kier alpha value is -1.02. The van der Waals surface area contributed by atoms with Gasteiger partial charge in [-0.25, -0.2) is 0 Å². The zero-order chi connectivity index (χ0) is 11.7. The highest BCUT2D eigenvalue weighted by molar-refractivity contribution is 5.40. The van der Waals surface area contributed by atoms with Crippen molar-refractivity contribution in [3.05, 3.63) is 29.8 Å². The Morgan fingerprint density at radius 2 is 1.65 bits per heavy atom. The summed E-state index contributed by atoms with van der Waals surface area (Å²) < 4.78 is 0. The van der Waals surface area contributed by atoms with Gasteiger partial charge in [-0.15, -0.1) is 0 Å². The Kier molecular flexibility index (Phi) is 3.06. The molecule has 1 aliphatic carbocycles. The molecule has 1 saturated heterocycles. The van der Waals surface area contributed by atoms with E-state index < -0.39 is 0 Å². The van der Waals surface area contributed by atoms with E-state index in [0.29, 0.717) is 0 Å². The average Bonchev–Trinajstić information content (AvgIpc) is 3.15. The molecule has 0 atom stereocenters. The van der Waals surface area contributed by atoms with Gasteiger partial charge in [0, 0.05) is 12.2 Å². The number of piperidine rings is 1. The number of benzene rings is 1. The van der Waals surface area contributed by atoms with Crippen LogP contribution in [0.1, 0.15) is 37.2 Å². The van der Waals surface area contributed by atoms with Crippen LogP contribution in [-0.2, 0) is 0 Å². The number of hydrogen-bond acceptors (Lipinski definition) is 2. The quantitative estimate of drug-likeness (QED) is 0.809. The molecule has 1 aromatic carbocycles. The van der Waals surface area contributed by atoms with E-state index in [9.17, 15) is 0 Å². The highest BCUT2D eigenvalue weighted by Crippen LogP contribution is 2.33. The lowest BCUT2D eigenvalue weighted by atomic mass is 9.89. The first-order valence-corrected chi connectivity index (χ1v) is 6.89. The van der Waals surface area contributed by atoms with Crippen molar-refractivity contribution in [1.29, 1.82) is 0 Å². The van der Waals surface area contributed by atoms with E-state index in [1.165, 1.54) is 50.9 Å². The minimum Gasteiger partial charge on any atom is -0.399 e. The lowest BCUT2D eigenvalue weighted by Gasteiger charge is -2.32. The van der Waals surface area contributed by atoms with Crippen LogP contribution in [0.4, 0.5) is 5.69 Å². The van der Waals surface area contributed by atoms with Crippen LogP contribution >= 0.6 is 0 Å². The molecule has 0 aromatic heterocycles. The topological polar surface area (TPSA) is 29.3 Å². The van der Waals surface area contributed by atoms with Gasteiger partial charge in [-0.2, -0.15) is 0 Å². The predicted molar refractivity (Wildman–Crippen MR) is 72.0 cm³/mol. The standard InChI is InChI=1S/C15H22N2/c16-15-5-3-13(4-6-15)14-7-9-17(10-8-14)11-12-1-2-12/h3-6,12,14H,1-2,7-11,16H2. The maximum absolute atomic E-state index is 5.73. The number of anilines is 1. The second-order valence-corrected chi connectivity index (χ2v) is 5.68. The molecule has 92 valence electrons. The van der Waals surface area contributed by atoms with Gasteiger partial charge in [-0.1, -0.05) is 12.1 Å². The van der Waals surface area contributed by atoms with Crippen molar-refractivity contribution < 1.29 is 0 Å². The summed E-state index contributed by atoms with van der Waals surface area (Å²) >= 11 is 0. The van der Waals surface area contributed by atoms with Crippen LogP contribution in [0.25, 0.3) is 0 Å². The van der Waals surface area contributed by atoms with Crippen LogP contribution in [0.15, 0.2) is 24.3 Å². The molecule has 0 unspecified atom stereocenters. The first-order valence-electron chi connectivity index (χ1n) is 6.89. The minimum absolute atomic E-state index is 0.756. The summed E-state index contributed by atoms with van der Waals surface area (Å²) in [6, 6.07) is 8.48. The Labute approximate surface area is 104 Å². The lowest BCUT2D eigenvalue weighted by molar-refractivity contribution is 0.204. The van der Waals surface area contributed by atoms with Crippen molar-refractivity contribution >= 4 is 5.69 Å². The van der Waals surface area contributed by atoms with Crippen molar-refractivity contribution in [2.45, 2.75) is 31.6 Å². The molecule has 0 amide bonds. The third-order valence-corrected chi connectivity index (χ3v) is 4.21. The van der Waals surface area contributed by atoms with Crippen LogP contribution in [0.5, 0.6) is 0 Å². The van der Waals surface area contributed by atoms with E-state index in [1.807, 2.05) is 12.1 Å². The van der Waals surface area contributed by atoms with Gasteiger partial charge in [0.25, 0.3) is 0 Å². The molecule has 2 nitrogen and oxygen atoms in total.